The molecule has 2 N–H and O–H groups in total. The lowest BCUT2D eigenvalue weighted by Crippen LogP contribution is -2.40. The third-order valence-electron chi connectivity index (χ3n) is 4.21. The first-order valence-corrected chi connectivity index (χ1v) is 7.26. The number of halogens is 2. The van der Waals surface area contributed by atoms with Crippen LogP contribution in [0.3, 0.4) is 0 Å². The number of nitrogens with zero attached hydrogens (tertiary/aromatic N) is 2. The molecule has 1 aromatic carbocycles. The van der Waals surface area contributed by atoms with Gasteiger partial charge in [-0.15, -0.1) is 0 Å². The van der Waals surface area contributed by atoms with E-state index in [4.69, 9.17) is 10.5 Å². The number of amides is 1. The molecule has 1 amide bonds. The third-order valence-corrected chi connectivity index (χ3v) is 4.21. The third kappa shape index (κ3) is 2.61. The smallest absolute Gasteiger partial charge is 0.240 e. The second-order valence-corrected chi connectivity index (χ2v) is 5.70. The number of aryl methyl sites for hydroxylation is 1. The van der Waals surface area contributed by atoms with Gasteiger partial charge >= 0.3 is 0 Å². The van der Waals surface area contributed by atoms with Crippen LogP contribution in [0.25, 0.3) is 10.9 Å². The van der Waals surface area contributed by atoms with Gasteiger partial charge in [-0.05, 0) is 25.1 Å². The van der Waals surface area contributed by atoms with Crippen molar-refractivity contribution in [2.75, 3.05) is 18.6 Å². The van der Waals surface area contributed by atoms with Gasteiger partial charge in [0, 0.05) is 36.8 Å². The van der Waals surface area contributed by atoms with E-state index in [1.807, 2.05) is 0 Å². The molecular formula is C16H17F2N3O2. The van der Waals surface area contributed by atoms with Crippen molar-refractivity contribution >= 4 is 22.5 Å². The van der Waals surface area contributed by atoms with Crippen molar-refractivity contribution in [3.63, 3.8) is 0 Å². The van der Waals surface area contributed by atoms with Gasteiger partial charge in [-0.1, -0.05) is 0 Å². The lowest BCUT2D eigenvalue weighted by molar-refractivity contribution is -0.119. The number of hydrogen-bond acceptors (Lipinski definition) is 4. The number of rotatable bonds is 3. The van der Waals surface area contributed by atoms with E-state index in [1.165, 1.54) is 6.07 Å². The molecule has 1 saturated heterocycles. The number of primary amides is 1. The molecular weight excluding hydrogens is 304 g/mol. The molecule has 1 aromatic heterocycles. The van der Waals surface area contributed by atoms with Gasteiger partial charge in [0.25, 0.3) is 0 Å². The second-order valence-electron chi connectivity index (χ2n) is 5.70. The van der Waals surface area contributed by atoms with Gasteiger partial charge in [0.05, 0.1) is 6.10 Å². The van der Waals surface area contributed by atoms with Crippen molar-refractivity contribution in [2.24, 2.45) is 5.73 Å². The minimum atomic E-state index is -0.995. The minimum absolute atomic E-state index is 0.0518. The quantitative estimate of drug-likeness (QED) is 0.937. The molecule has 1 aliphatic rings. The minimum Gasteiger partial charge on any atom is -0.380 e. The van der Waals surface area contributed by atoms with Crippen LogP contribution in [0.1, 0.15) is 12.1 Å². The number of methoxy groups -OCH3 is 1. The first kappa shape index (κ1) is 15.6. The molecule has 23 heavy (non-hydrogen) atoms. The second kappa shape index (κ2) is 5.73. The lowest BCUT2D eigenvalue weighted by Gasteiger charge is -2.26. The zero-order valence-corrected chi connectivity index (χ0v) is 12.8. The van der Waals surface area contributed by atoms with Crippen LogP contribution in [0.2, 0.25) is 0 Å². The van der Waals surface area contributed by atoms with E-state index in [2.05, 4.69) is 4.98 Å². The van der Waals surface area contributed by atoms with Crippen molar-refractivity contribution in [1.82, 2.24) is 4.98 Å². The Bertz CT molecular complexity index is 781. The van der Waals surface area contributed by atoms with Crippen LogP contribution in [-0.2, 0) is 9.53 Å². The van der Waals surface area contributed by atoms with E-state index in [9.17, 15) is 13.6 Å². The summed E-state index contributed by atoms with van der Waals surface area (Å²) in [6, 6.07) is 3.71. The Labute approximate surface area is 132 Å². The Balaban J connectivity index is 2.19. The molecule has 0 unspecified atom stereocenters. The number of fused-ring (bicyclic) bond motifs is 1. The van der Waals surface area contributed by atoms with Gasteiger partial charge in [-0.25, -0.2) is 13.8 Å². The number of pyridine rings is 1. The van der Waals surface area contributed by atoms with Crippen LogP contribution in [-0.4, -0.2) is 36.7 Å². The predicted octanol–water partition coefficient (Wildman–Crippen LogP) is 1.90. The van der Waals surface area contributed by atoms with Crippen LogP contribution in [0.5, 0.6) is 0 Å². The predicted molar refractivity (Wildman–Crippen MR) is 82.1 cm³/mol. The van der Waals surface area contributed by atoms with E-state index in [-0.39, 0.29) is 11.6 Å². The molecule has 0 spiro atoms. The Kier molecular flexibility index (Phi) is 3.89. The first-order valence-electron chi connectivity index (χ1n) is 7.26. The highest BCUT2D eigenvalue weighted by molar-refractivity contribution is 5.95. The Hall–Kier alpha value is -2.28. The van der Waals surface area contributed by atoms with Crippen molar-refractivity contribution in [3.8, 4) is 0 Å². The summed E-state index contributed by atoms with van der Waals surface area (Å²) in [7, 11) is 1.57. The normalized spacial score (nSPS) is 21.1. The highest BCUT2D eigenvalue weighted by Crippen LogP contribution is 2.34. The number of ether oxygens (including phenoxy) is 1. The summed E-state index contributed by atoms with van der Waals surface area (Å²) < 4.78 is 32.9. The van der Waals surface area contributed by atoms with Crippen molar-refractivity contribution in [3.05, 3.63) is 35.5 Å². The summed E-state index contributed by atoms with van der Waals surface area (Å²) in [5, 5.41) is 0.442. The van der Waals surface area contributed by atoms with Gasteiger partial charge in [0.1, 0.15) is 11.6 Å². The van der Waals surface area contributed by atoms with Crippen molar-refractivity contribution in [2.45, 2.75) is 25.5 Å². The summed E-state index contributed by atoms with van der Waals surface area (Å²) in [6.07, 6.45) is 0.305. The number of benzene rings is 1. The molecule has 0 aliphatic carbocycles. The molecule has 0 radical (unpaired) electrons. The Morgan fingerprint density at radius 1 is 1.43 bits per heavy atom. The van der Waals surface area contributed by atoms with Crippen LogP contribution in [0, 0.1) is 18.6 Å². The summed E-state index contributed by atoms with van der Waals surface area (Å²) in [5.41, 5.74) is 6.58. The summed E-state index contributed by atoms with van der Waals surface area (Å²) in [6.45, 7) is 2.14. The number of carbonyl (C=O) groups excluding carboxylic acids is 1. The number of hydrogen-bond donors (Lipinski definition) is 1. The van der Waals surface area contributed by atoms with E-state index in [1.54, 1.807) is 25.0 Å². The SMILES string of the molecule is CO[C@H]1C[C@@H](C(N)=O)N(c2cc(C)nc3c(F)c(F)ccc23)C1. The van der Waals surface area contributed by atoms with E-state index in [0.29, 0.717) is 29.7 Å². The molecule has 2 aromatic rings. The summed E-state index contributed by atoms with van der Waals surface area (Å²) in [5.74, 6) is -2.43. The standard InChI is InChI=1S/C16H17F2N3O2/c1-8-5-12(10-3-4-11(17)14(18)15(10)20-8)21-7-9(23-2)6-13(21)16(19)22/h3-5,9,13H,6-7H2,1-2H3,(H2,19,22)/t9-,13-/m0/s1. The summed E-state index contributed by atoms with van der Waals surface area (Å²) >= 11 is 0. The number of aromatic nitrogens is 1. The maximum absolute atomic E-state index is 14.1. The van der Waals surface area contributed by atoms with E-state index in [0.717, 1.165) is 6.07 Å². The highest BCUT2D eigenvalue weighted by atomic mass is 19.2. The van der Waals surface area contributed by atoms with Crippen LogP contribution < -0.4 is 10.6 Å². The van der Waals surface area contributed by atoms with E-state index >= 15 is 0 Å². The zero-order valence-electron chi connectivity index (χ0n) is 12.8. The number of carbonyl (C=O) groups is 1. The van der Waals surface area contributed by atoms with E-state index < -0.39 is 23.6 Å². The average Bonchev–Trinajstić information content (AvgIpc) is 2.95. The Morgan fingerprint density at radius 2 is 2.17 bits per heavy atom. The molecule has 3 rings (SSSR count). The topological polar surface area (TPSA) is 68.5 Å². The zero-order chi connectivity index (χ0) is 16.7. The average molecular weight is 321 g/mol. The molecule has 7 heteroatoms. The fourth-order valence-electron chi connectivity index (χ4n) is 3.08. The molecule has 0 bridgehead atoms. The van der Waals surface area contributed by atoms with Gasteiger partial charge in [-0.3, -0.25) is 4.79 Å². The molecule has 0 saturated carbocycles. The monoisotopic (exact) mass is 321 g/mol. The number of anilines is 1. The number of nitrogens with two attached hydrogens (primary N) is 1. The maximum atomic E-state index is 14.1. The molecule has 2 heterocycles. The van der Waals surface area contributed by atoms with Crippen LogP contribution in [0.4, 0.5) is 14.5 Å². The van der Waals surface area contributed by atoms with Gasteiger partial charge in [-0.2, -0.15) is 0 Å². The fraction of sp³-hybridized carbons (Fsp3) is 0.375. The summed E-state index contributed by atoms with van der Waals surface area (Å²) in [4.78, 5) is 17.6. The van der Waals surface area contributed by atoms with Crippen molar-refractivity contribution in [1.29, 1.82) is 0 Å². The molecule has 1 fully saturated rings. The van der Waals surface area contributed by atoms with Gasteiger partial charge in [0.15, 0.2) is 11.6 Å². The van der Waals surface area contributed by atoms with Gasteiger partial charge in [0.2, 0.25) is 5.91 Å². The fourth-order valence-corrected chi connectivity index (χ4v) is 3.08. The largest absolute Gasteiger partial charge is 0.380 e. The molecule has 122 valence electrons. The van der Waals surface area contributed by atoms with Crippen molar-refractivity contribution < 1.29 is 18.3 Å². The molecule has 5 nitrogen and oxygen atoms in total. The van der Waals surface area contributed by atoms with Crippen LogP contribution in [0.15, 0.2) is 18.2 Å². The molecule has 2 atom stereocenters. The van der Waals surface area contributed by atoms with Gasteiger partial charge < -0.3 is 15.4 Å². The first-order chi connectivity index (χ1) is 10.9. The lowest BCUT2D eigenvalue weighted by atomic mass is 10.1. The van der Waals surface area contributed by atoms with Crippen LogP contribution >= 0.6 is 0 Å². The maximum Gasteiger partial charge on any atom is 0.240 e. The molecule has 1 aliphatic heterocycles. The highest BCUT2D eigenvalue weighted by Gasteiger charge is 2.37. The Morgan fingerprint density at radius 3 is 2.83 bits per heavy atom.